The Bertz CT molecular complexity index is 1400. The van der Waals surface area contributed by atoms with Gasteiger partial charge in [0.05, 0.1) is 22.7 Å². The normalized spacial score (nSPS) is 22.6. The standard InChI is InChI=1S/C26H26F3N5OS/c1-3-22(35)34-17-4-5-18(34)11-16(10-17)23-19-6-9-33(14-25(7-8-25)26(27,28)29)20(19)12-21(31-23)32-24-30-13-15(2)36-24/h3,6,9-10,12-13,17-18H,1,4-5,7-8,11,14H2,2H3,(H,30,31,32). The summed E-state index contributed by atoms with van der Waals surface area (Å²) in [6, 6.07) is 3.72. The summed E-state index contributed by atoms with van der Waals surface area (Å²) in [6.45, 7) is 5.49. The number of nitrogens with one attached hydrogen (secondary N) is 1. The first kappa shape index (κ1) is 23.3. The molecule has 6 rings (SSSR count). The average Bonchev–Trinajstić information content (AvgIpc) is 3.26. The van der Waals surface area contributed by atoms with Crippen molar-refractivity contribution in [3.63, 3.8) is 0 Å². The molecule has 2 fully saturated rings. The number of carbonyl (C=O) groups excluding carboxylic acids is 1. The fourth-order valence-corrected chi connectivity index (χ4v) is 6.29. The molecule has 2 atom stereocenters. The maximum absolute atomic E-state index is 13.8. The van der Waals surface area contributed by atoms with Crippen LogP contribution in [0.4, 0.5) is 24.1 Å². The second-order valence-corrected chi connectivity index (χ2v) is 11.3. The fraction of sp³-hybridized carbons (Fsp3) is 0.423. The van der Waals surface area contributed by atoms with Crippen LogP contribution in [0.15, 0.2) is 43.3 Å². The summed E-state index contributed by atoms with van der Waals surface area (Å²) in [5.74, 6) is 0.472. The highest BCUT2D eigenvalue weighted by Crippen LogP contribution is 2.59. The Hall–Kier alpha value is -3.14. The molecule has 5 heterocycles. The second-order valence-electron chi connectivity index (χ2n) is 10.1. The van der Waals surface area contributed by atoms with Crippen molar-refractivity contribution in [3.05, 3.63) is 53.8 Å². The van der Waals surface area contributed by atoms with E-state index in [1.807, 2.05) is 24.0 Å². The van der Waals surface area contributed by atoms with Crippen molar-refractivity contribution in [1.29, 1.82) is 0 Å². The monoisotopic (exact) mass is 513 g/mol. The molecule has 3 aliphatic rings. The maximum atomic E-state index is 13.8. The van der Waals surface area contributed by atoms with Crippen LogP contribution in [0, 0.1) is 12.3 Å². The van der Waals surface area contributed by atoms with Crippen LogP contribution in [0.5, 0.6) is 0 Å². The van der Waals surface area contributed by atoms with Gasteiger partial charge in [0.2, 0.25) is 5.91 Å². The van der Waals surface area contributed by atoms with Crippen molar-refractivity contribution in [3.8, 4) is 0 Å². The molecule has 6 nitrogen and oxygen atoms in total. The Morgan fingerprint density at radius 2 is 2.17 bits per heavy atom. The fourth-order valence-electron chi connectivity index (χ4n) is 5.62. The number of aromatic nitrogens is 3. The van der Waals surface area contributed by atoms with Gasteiger partial charge >= 0.3 is 6.18 Å². The molecule has 3 aromatic rings. The summed E-state index contributed by atoms with van der Waals surface area (Å²) in [4.78, 5) is 24.6. The number of hydrogen-bond donors (Lipinski definition) is 1. The van der Waals surface area contributed by atoms with Gasteiger partial charge in [-0.2, -0.15) is 13.2 Å². The summed E-state index contributed by atoms with van der Waals surface area (Å²) in [5, 5.41) is 4.75. The zero-order chi connectivity index (χ0) is 25.2. The van der Waals surface area contributed by atoms with Gasteiger partial charge in [-0.3, -0.25) is 4.79 Å². The predicted octanol–water partition coefficient (Wildman–Crippen LogP) is 6.22. The van der Waals surface area contributed by atoms with Crippen LogP contribution < -0.4 is 5.32 Å². The minimum absolute atomic E-state index is 0.0265. The van der Waals surface area contributed by atoms with E-state index >= 15 is 0 Å². The van der Waals surface area contributed by atoms with Crippen molar-refractivity contribution >= 4 is 44.7 Å². The predicted molar refractivity (Wildman–Crippen MR) is 134 cm³/mol. The van der Waals surface area contributed by atoms with Gasteiger partial charge in [-0.05, 0) is 56.7 Å². The van der Waals surface area contributed by atoms with Gasteiger partial charge in [-0.1, -0.05) is 12.7 Å². The summed E-state index contributed by atoms with van der Waals surface area (Å²) < 4.78 is 43.0. The van der Waals surface area contributed by atoms with Crippen LogP contribution in [0.2, 0.25) is 0 Å². The molecule has 2 aliphatic heterocycles. The Morgan fingerprint density at radius 3 is 2.81 bits per heavy atom. The molecule has 1 saturated heterocycles. The molecule has 36 heavy (non-hydrogen) atoms. The summed E-state index contributed by atoms with van der Waals surface area (Å²) >= 11 is 1.49. The Morgan fingerprint density at radius 1 is 1.36 bits per heavy atom. The van der Waals surface area contributed by atoms with Crippen LogP contribution in [-0.4, -0.2) is 43.6 Å². The number of anilines is 2. The van der Waals surface area contributed by atoms with E-state index in [9.17, 15) is 18.0 Å². The zero-order valence-electron chi connectivity index (χ0n) is 19.8. The maximum Gasteiger partial charge on any atom is 0.396 e. The third kappa shape index (κ3) is 3.82. The minimum atomic E-state index is -4.23. The third-order valence-electron chi connectivity index (χ3n) is 7.68. The first-order valence-electron chi connectivity index (χ1n) is 12.1. The Labute approximate surface area is 210 Å². The summed E-state index contributed by atoms with van der Waals surface area (Å²) in [7, 11) is 0. The first-order valence-corrected chi connectivity index (χ1v) is 12.9. The smallest absolute Gasteiger partial charge is 0.346 e. The zero-order valence-corrected chi connectivity index (χ0v) is 20.6. The van der Waals surface area contributed by atoms with Gasteiger partial charge in [-0.15, -0.1) is 11.3 Å². The summed E-state index contributed by atoms with van der Waals surface area (Å²) in [6.07, 6.45) is 5.46. The molecular weight excluding hydrogens is 487 g/mol. The first-order chi connectivity index (χ1) is 17.2. The largest absolute Gasteiger partial charge is 0.396 e. The molecule has 3 aromatic heterocycles. The van der Waals surface area contributed by atoms with Gasteiger partial charge in [-0.25, -0.2) is 9.97 Å². The second kappa shape index (κ2) is 8.19. The molecule has 2 unspecified atom stereocenters. The van der Waals surface area contributed by atoms with Gasteiger partial charge < -0.3 is 14.8 Å². The molecule has 1 saturated carbocycles. The van der Waals surface area contributed by atoms with E-state index in [1.54, 1.807) is 17.0 Å². The van der Waals surface area contributed by atoms with Crippen LogP contribution in [0.1, 0.15) is 42.7 Å². The van der Waals surface area contributed by atoms with E-state index in [-0.39, 0.29) is 37.4 Å². The van der Waals surface area contributed by atoms with Gasteiger partial charge in [0.25, 0.3) is 0 Å². The van der Waals surface area contributed by atoms with Crippen molar-refractivity contribution in [2.24, 2.45) is 5.41 Å². The SMILES string of the molecule is C=CC(=O)N1C2C=C(c3nc(Nc4ncc(C)s4)cc4c3ccn4CC3(C(F)(F)F)CC3)CC1CC2. The lowest BCUT2D eigenvalue weighted by atomic mass is 9.96. The molecule has 10 heteroatoms. The van der Waals surface area contributed by atoms with E-state index < -0.39 is 11.6 Å². The molecule has 1 aliphatic carbocycles. The third-order valence-corrected chi connectivity index (χ3v) is 8.51. The number of alkyl halides is 3. The molecule has 2 bridgehead atoms. The average molecular weight is 514 g/mol. The minimum Gasteiger partial charge on any atom is -0.346 e. The number of hydrogen-bond acceptors (Lipinski definition) is 5. The number of amides is 1. The van der Waals surface area contributed by atoms with Crippen LogP contribution >= 0.6 is 11.3 Å². The quantitative estimate of drug-likeness (QED) is 0.398. The highest BCUT2D eigenvalue weighted by atomic mass is 32.1. The molecule has 0 aromatic carbocycles. The highest BCUT2D eigenvalue weighted by Gasteiger charge is 2.63. The van der Waals surface area contributed by atoms with Crippen molar-refractivity contribution < 1.29 is 18.0 Å². The number of fused-ring (bicyclic) bond motifs is 3. The number of nitrogens with zero attached hydrogens (tertiary/aromatic N) is 4. The summed E-state index contributed by atoms with van der Waals surface area (Å²) in [5.41, 5.74) is 0.830. The Kier molecular flexibility index (Phi) is 5.30. The molecular formula is C26H26F3N5OS. The van der Waals surface area contributed by atoms with Gasteiger partial charge in [0.15, 0.2) is 5.13 Å². The lowest BCUT2D eigenvalue weighted by Gasteiger charge is -2.33. The number of aryl methyl sites for hydroxylation is 1. The molecule has 0 radical (unpaired) electrons. The molecule has 188 valence electrons. The van der Waals surface area contributed by atoms with Crippen LogP contribution in [0.3, 0.4) is 0 Å². The van der Waals surface area contributed by atoms with Crippen molar-refractivity contribution in [2.45, 2.75) is 63.8 Å². The number of pyridine rings is 1. The van der Waals surface area contributed by atoms with Crippen molar-refractivity contribution in [2.75, 3.05) is 5.32 Å². The molecule has 1 amide bonds. The lowest BCUT2D eigenvalue weighted by molar-refractivity contribution is -0.190. The lowest BCUT2D eigenvalue weighted by Crippen LogP contribution is -2.42. The van der Waals surface area contributed by atoms with E-state index in [0.717, 1.165) is 34.4 Å². The van der Waals surface area contributed by atoms with Crippen LogP contribution in [-0.2, 0) is 11.3 Å². The van der Waals surface area contributed by atoms with Gasteiger partial charge in [0.1, 0.15) is 5.82 Å². The van der Waals surface area contributed by atoms with Crippen molar-refractivity contribution in [1.82, 2.24) is 19.4 Å². The van der Waals surface area contributed by atoms with Gasteiger partial charge in [0, 0.05) is 41.3 Å². The number of carbonyl (C=O) groups is 1. The van der Waals surface area contributed by atoms with Crippen LogP contribution in [0.25, 0.3) is 16.5 Å². The Balaban J connectivity index is 1.43. The number of halogens is 3. The highest BCUT2D eigenvalue weighted by molar-refractivity contribution is 7.15. The number of rotatable bonds is 6. The van der Waals surface area contributed by atoms with E-state index in [0.29, 0.717) is 22.9 Å². The molecule has 0 spiro atoms. The van der Waals surface area contributed by atoms with E-state index in [2.05, 4.69) is 23.0 Å². The van der Waals surface area contributed by atoms with E-state index in [1.165, 1.54) is 17.4 Å². The topological polar surface area (TPSA) is 63.1 Å². The molecule has 1 N–H and O–H groups in total. The number of thiazole rings is 1. The van der Waals surface area contributed by atoms with E-state index in [4.69, 9.17) is 4.98 Å².